The fourth-order valence-corrected chi connectivity index (χ4v) is 12.9. The van der Waals surface area contributed by atoms with E-state index in [0.717, 1.165) is 6.92 Å². The van der Waals surface area contributed by atoms with Gasteiger partial charge >= 0.3 is 17.9 Å². The van der Waals surface area contributed by atoms with Crippen LogP contribution >= 0.6 is 0 Å². The lowest BCUT2D eigenvalue weighted by atomic mass is 9.97. The molecule has 0 saturated carbocycles. The third-order valence-corrected chi connectivity index (χ3v) is 20.0. The zero-order valence-corrected chi connectivity index (χ0v) is 73.1. The normalized spacial score (nSPS) is 16.1. The maximum atomic E-state index is 14.8. The van der Waals surface area contributed by atoms with Gasteiger partial charge in [-0.15, -0.1) is 0 Å². The minimum atomic E-state index is -1.78. The number of rotatable bonds is 57. The van der Waals surface area contributed by atoms with Gasteiger partial charge in [-0.2, -0.15) is 0 Å². The number of unbranched alkanes of at least 4 members (excludes halogenated alkanes) is 1. The van der Waals surface area contributed by atoms with Gasteiger partial charge in [-0.1, -0.05) is 81.4 Å². The highest BCUT2D eigenvalue weighted by atomic mass is 16.4. The van der Waals surface area contributed by atoms with Gasteiger partial charge in [-0.05, 0) is 145 Å². The molecular weight excluding hydrogens is 1640 g/mol. The topological polar surface area (TPSA) is 741 Å². The number of benzene rings is 1. The number of phenolic OH excluding ortho intramolecular Hbond substituents is 1. The van der Waals surface area contributed by atoms with E-state index in [1.807, 2.05) is 0 Å². The Balaban J connectivity index is 2.45. The van der Waals surface area contributed by atoms with Crippen LogP contribution in [0.4, 0.5) is 0 Å². The van der Waals surface area contributed by atoms with E-state index in [2.05, 4.69) is 74.4 Å². The van der Waals surface area contributed by atoms with Gasteiger partial charge in [0, 0.05) is 38.6 Å². The number of aliphatic carboxylic acids is 3. The second-order valence-corrected chi connectivity index (χ2v) is 33.0. The summed E-state index contributed by atoms with van der Waals surface area (Å²) in [6.07, 6.45) is -4.34. The number of hydrogen-bond acceptors (Lipinski definition) is 24. The third kappa shape index (κ3) is 39.5. The highest BCUT2D eigenvalue weighted by Gasteiger charge is 2.43. The number of carboxylic acid groups (broad SMARTS) is 3. The molecule has 0 aliphatic carbocycles. The summed E-state index contributed by atoms with van der Waals surface area (Å²) >= 11 is 0. The zero-order chi connectivity index (χ0) is 95.1. The van der Waals surface area contributed by atoms with Crippen LogP contribution in [0.3, 0.4) is 0 Å². The fourth-order valence-electron chi connectivity index (χ4n) is 12.9. The molecule has 0 aromatic heterocycles. The number of amides is 18. The van der Waals surface area contributed by atoms with Crippen molar-refractivity contribution in [1.29, 1.82) is 0 Å². The number of carbonyl (C=O) groups excluding carboxylic acids is 18. The zero-order valence-electron chi connectivity index (χ0n) is 73.1. The number of aromatic hydroxyl groups is 1. The number of likely N-dealkylation sites (tertiary alicyclic amines) is 1. The summed E-state index contributed by atoms with van der Waals surface area (Å²) in [5.41, 5.74) is 28.1. The number of nitrogens with one attached hydrogen (secondary N) is 14. The predicted octanol–water partition coefficient (Wildman–Crippen LogP) is -5.49. The monoisotopic (exact) mass is 1770 g/mol. The number of carbonyl (C=O) groups is 21. The highest BCUT2D eigenvalue weighted by molar-refractivity contribution is 6.02. The van der Waals surface area contributed by atoms with E-state index >= 15 is 0 Å². The first-order chi connectivity index (χ1) is 58.3. The number of carboxylic acids is 3. The Morgan fingerprint density at radius 1 is 0.384 bits per heavy atom. The van der Waals surface area contributed by atoms with E-state index in [9.17, 15) is 116 Å². The molecule has 0 radical (unpaired) electrons. The van der Waals surface area contributed by atoms with Crippen molar-refractivity contribution in [3.05, 3.63) is 29.8 Å². The van der Waals surface area contributed by atoms with Crippen LogP contribution in [0, 0.1) is 29.6 Å². The van der Waals surface area contributed by atoms with Gasteiger partial charge in [0.05, 0.1) is 12.5 Å². The second kappa shape index (κ2) is 53.8. The summed E-state index contributed by atoms with van der Waals surface area (Å²) in [6, 6.07) is -18.5. The molecule has 700 valence electrons. The molecule has 2 rings (SSSR count). The number of nitrogens with zero attached hydrogens (tertiary/aromatic N) is 1. The Morgan fingerprint density at radius 2 is 0.744 bits per heavy atom. The molecule has 45 heteroatoms. The largest absolute Gasteiger partial charge is 0.508 e. The lowest BCUT2D eigenvalue weighted by molar-refractivity contribution is -0.143. The number of phenols is 1. The standard InChI is InChI=1S/C80H130N20O25/c1-37(2)33-52(73(117)92-51(26-30-61(107)108)70(114)94-54(36-59(85)104)72(116)88-44(13)80(124)125)95-77(121)63(40(7)8)99-78(122)64(41(9)10)98-75(119)56-18-16-32-100(56)79(123)55(34-38(3)4)96-66(110)42(11)86-68(112)48(17-14-15-31-81)91-74(118)53(35-45-19-21-46(101)22-20-45)93-69(113)49(24-27-57(83)102)89-65(109)43(12)87-76(120)62(39(5)6)97-71(115)50(25-28-58(84)103)90-67(111)47(82)23-29-60(105)106/h19-22,37-44,47-56,62-64,101H,14-18,23-36,81-82H2,1-13H3,(H2,83,102)(H2,84,103)(H2,85,104)(H,86,112)(H,87,120)(H,88,116)(H,89,109)(H,90,111)(H,91,118)(H,92,117)(H,93,113)(H,94,114)(H,95,121)(H,96,110)(H,97,115)(H,98,119)(H,99,122)(H,105,106)(H,107,108)(H,124,125)/t42-,43-,44-,47-,48-,49-,50-,51-,52-,53-,54-,55-,56-,62-,63-,64-/m0/s1. The van der Waals surface area contributed by atoms with Gasteiger partial charge in [-0.25, -0.2) is 0 Å². The SMILES string of the molecule is CC(C)C[C@H](NC(=O)[C@@H](NC(=O)[C@@H](NC(=O)[C@@H]1CCCN1C(=O)[C@H](CC(C)C)NC(=O)[C@H](C)NC(=O)[C@H](CCCCN)NC(=O)[C@H](Cc1ccc(O)cc1)NC(=O)[C@H](CCC(N)=O)NC(=O)[C@H](C)NC(=O)[C@@H](NC(=O)[C@H](CCC(N)=O)NC(=O)[C@@H](N)CCC(=O)O)C(C)C)C(C)C)C(C)C)C(=O)N[C@@H](CCC(=O)O)C(=O)N[C@@H](CC(N)=O)C(=O)N[C@@H](C)C(=O)O. The van der Waals surface area contributed by atoms with Gasteiger partial charge in [0.15, 0.2) is 0 Å². The summed E-state index contributed by atoms with van der Waals surface area (Å²) in [7, 11) is 0. The summed E-state index contributed by atoms with van der Waals surface area (Å²) in [5.74, 6) is -24.3. The minimum Gasteiger partial charge on any atom is -0.508 e. The molecule has 125 heavy (non-hydrogen) atoms. The van der Waals surface area contributed by atoms with Crippen molar-refractivity contribution in [3.8, 4) is 5.75 Å². The van der Waals surface area contributed by atoms with Crippen molar-refractivity contribution < 1.29 is 121 Å². The molecular formula is C80H130N20O25. The van der Waals surface area contributed by atoms with Crippen LogP contribution in [0.2, 0.25) is 0 Å². The van der Waals surface area contributed by atoms with Crippen LogP contribution in [-0.4, -0.2) is 259 Å². The lowest BCUT2D eigenvalue weighted by Gasteiger charge is -2.32. The van der Waals surface area contributed by atoms with E-state index in [0.29, 0.717) is 12.0 Å². The number of nitrogens with two attached hydrogens (primary N) is 5. The van der Waals surface area contributed by atoms with Gasteiger partial charge in [0.1, 0.15) is 96.4 Å². The molecule has 0 spiro atoms. The van der Waals surface area contributed by atoms with E-state index in [4.69, 9.17) is 33.8 Å². The Hall–Kier alpha value is -12.2. The Kier molecular flexibility index (Phi) is 46.8. The van der Waals surface area contributed by atoms with Crippen LogP contribution in [-0.2, 0) is 107 Å². The van der Waals surface area contributed by atoms with Crippen molar-refractivity contribution in [1.82, 2.24) is 79.3 Å². The Bertz CT molecular complexity index is 3960. The maximum Gasteiger partial charge on any atom is 0.325 e. The van der Waals surface area contributed by atoms with Crippen LogP contribution < -0.4 is 103 Å². The molecule has 1 aliphatic heterocycles. The molecule has 0 unspecified atom stereocenters. The molecule has 1 aromatic carbocycles. The predicted molar refractivity (Wildman–Crippen MR) is 447 cm³/mol. The molecule has 1 aliphatic rings. The van der Waals surface area contributed by atoms with Gasteiger partial charge < -0.3 is 128 Å². The number of primary amides is 3. The van der Waals surface area contributed by atoms with Crippen molar-refractivity contribution in [2.24, 2.45) is 58.3 Å². The Morgan fingerprint density at radius 3 is 1.22 bits per heavy atom. The van der Waals surface area contributed by atoms with Crippen LogP contribution in [0.15, 0.2) is 24.3 Å². The molecule has 1 aromatic rings. The summed E-state index contributed by atoms with van der Waals surface area (Å²) in [6.45, 7) is 20.0. The first-order valence-electron chi connectivity index (χ1n) is 41.6. The molecule has 18 amide bonds. The maximum absolute atomic E-state index is 14.8. The molecule has 0 bridgehead atoms. The van der Waals surface area contributed by atoms with Crippen LogP contribution in [0.1, 0.15) is 198 Å². The quantitative estimate of drug-likeness (QED) is 0.0271. The second-order valence-electron chi connectivity index (χ2n) is 33.0. The van der Waals surface area contributed by atoms with Crippen molar-refractivity contribution >= 4 is 124 Å². The summed E-state index contributed by atoms with van der Waals surface area (Å²) in [4.78, 5) is 283. The van der Waals surface area contributed by atoms with E-state index < -0.39 is 284 Å². The number of hydrogen-bond donors (Lipinski definition) is 23. The average Bonchev–Trinajstić information content (AvgIpc) is 1.70. The Labute approximate surface area is 724 Å². The molecule has 1 heterocycles. The highest BCUT2D eigenvalue weighted by Crippen LogP contribution is 2.23. The molecule has 45 nitrogen and oxygen atoms in total. The van der Waals surface area contributed by atoms with Crippen molar-refractivity contribution in [2.75, 3.05) is 13.1 Å². The first kappa shape index (κ1) is 109. The van der Waals surface area contributed by atoms with E-state index in [-0.39, 0.29) is 88.5 Å². The summed E-state index contributed by atoms with van der Waals surface area (Å²) < 4.78 is 0. The lowest BCUT2D eigenvalue weighted by Crippen LogP contribution is -2.62. The van der Waals surface area contributed by atoms with Crippen molar-refractivity contribution in [3.63, 3.8) is 0 Å². The van der Waals surface area contributed by atoms with Crippen LogP contribution in [0.5, 0.6) is 5.75 Å². The molecule has 28 N–H and O–H groups in total. The summed E-state index contributed by atoms with van der Waals surface area (Å²) in [5, 5.41) is 72.9. The average molecular weight is 1770 g/mol. The first-order valence-corrected chi connectivity index (χ1v) is 41.6. The molecule has 16 atom stereocenters. The van der Waals surface area contributed by atoms with Crippen LogP contribution in [0.25, 0.3) is 0 Å². The van der Waals surface area contributed by atoms with E-state index in [1.165, 1.54) is 56.9 Å². The van der Waals surface area contributed by atoms with E-state index in [1.54, 1.807) is 55.4 Å². The van der Waals surface area contributed by atoms with Gasteiger partial charge in [0.25, 0.3) is 0 Å². The molecule has 1 saturated heterocycles. The van der Waals surface area contributed by atoms with Gasteiger partial charge in [0.2, 0.25) is 106 Å². The van der Waals surface area contributed by atoms with Crippen molar-refractivity contribution in [2.45, 2.75) is 296 Å². The minimum absolute atomic E-state index is 0.00235. The van der Waals surface area contributed by atoms with Gasteiger partial charge in [-0.3, -0.25) is 101 Å². The third-order valence-electron chi connectivity index (χ3n) is 20.0. The molecule has 1 fully saturated rings. The smallest absolute Gasteiger partial charge is 0.325 e. The fraction of sp³-hybridized carbons (Fsp3) is 0.662.